The number of carbonyl (C=O) groups is 1. The largest absolute Gasteiger partial charge is 0.481 e. The molecule has 118 valence electrons. The number of rotatable bonds is 6. The van der Waals surface area contributed by atoms with Crippen LogP contribution in [0.3, 0.4) is 0 Å². The Morgan fingerprint density at radius 2 is 2.00 bits per heavy atom. The average molecular weight is 337 g/mol. The molecule has 2 aromatic rings. The molecule has 0 bridgehead atoms. The van der Waals surface area contributed by atoms with E-state index in [1.807, 2.05) is 32.9 Å². The number of thioether (sulfide) groups is 1. The van der Waals surface area contributed by atoms with Crippen LogP contribution in [-0.2, 0) is 4.79 Å². The van der Waals surface area contributed by atoms with Gasteiger partial charge in [0.15, 0.2) is 10.4 Å². The predicted molar refractivity (Wildman–Crippen MR) is 90.9 cm³/mol. The minimum Gasteiger partial charge on any atom is -0.481 e. The molecule has 0 saturated heterocycles. The lowest BCUT2D eigenvalue weighted by Gasteiger charge is -2.14. The van der Waals surface area contributed by atoms with Gasteiger partial charge in [-0.15, -0.1) is 10.2 Å². The van der Waals surface area contributed by atoms with Crippen molar-refractivity contribution in [3.63, 3.8) is 0 Å². The Morgan fingerprint density at radius 3 is 2.64 bits per heavy atom. The van der Waals surface area contributed by atoms with Crippen LogP contribution in [0.2, 0.25) is 0 Å². The monoisotopic (exact) mass is 337 g/mol. The molecule has 2 rings (SSSR count). The lowest BCUT2D eigenvalue weighted by molar-refractivity contribution is -0.122. The van der Waals surface area contributed by atoms with Crippen molar-refractivity contribution in [2.45, 2.75) is 38.1 Å². The summed E-state index contributed by atoms with van der Waals surface area (Å²) in [6.45, 7) is 7.76. The van der Waals surface area contributed by atoms with Crippen molar-refractivity contribution in [3.05, 3.63) is 29.3 Å². The molecular weight excluding hydrogens is 318 g/mol. The van der Waals surface area contributed by atoms with E-state index in [1.165, 1.54) is 11.3 Å². The smallest absolute Gasteiger partial charge is 0.266 e. The quantitative estimate of drug-likeness (QED) is 0.643. The minimum atomic E-state index is -0.604. The number of aromatic nitrogens is 2. The zero-order chi connectivity index (χ0) is 16.1. The van der Waals surface area contributed by atoms with E-state index in [-0.39, 0.29) is 5.91 Å². The third-order valence-corrected chi connectivity index (χ3v) is 4.64. The lowest BCUT2D eigenvalue weighted by Crippen LogP contribution is -2.30. The first-order valence-electron chi connectivity index (χ1n) is 7.00. The first kappa shape index (κ1) is 16.8. The van der Waals surface area contributed by atoms with Gasteiger partial charge in [0.1, 0.15) is 5.75 Å². The molecule has 1 N–H and O–H groups in total. The lowest BCUT2D eigenvalue weighted by atomic mass is 10.1. The highest BCUT2D eigenvalue weighted by atomic mass is 32.2. The van der Waals surface area contributed by atoms with Gasteiger partial charge in [-0.2, -0.15) is 0 Å². The summed E-state index contributed by atoms with van der Waals surface area (Å²) in [7, 11) is 0. The molecule has 7 heteroatoms. The highest BCUT2D eigenvalue weighted by Gasteiger charge is 2.17. The van der Waals surface area contributed by atoms with Crippen LogP contribution in [0, 0.1) is 13.8 Å². The van der Waals surface area contributed by atoms with Crippen molar-refractivity contribution in [3.8, 4) is 5.75 Å². The van der Waals surface area contributed by atoms with E-state index in [0.29, 0.717) is 10.9 Å². The minimum absolute atomic E-state index is 0.233. The third-order valence-electron chi connectivity index (χ3n) is 2.78. The van der Waals surface area contributed by atoms with E-state index in [2.05, 4.69) is 21.6 Å². The van der Waals surface area contributed by atoms with E-state index in [9.17, 15) is 4.79 Å². The van der Waals surface area contributed by atoms with Crippen LogP contribution in [0.15, 0.2) is 22.5 Å². The first-order chi connectivity index (χ1) is 10.5. The molecule has 0 aliphatic rings. The third kappa shape index (κ3) is 4.71. The highest BCUT2D eigenvalue weighted by molar-refractivity contribution is 8.01. The zero-order valence-corrected chi connectivity index (χ0v) is 14.7. The maximum absolute atomic E-state index is 12.1. The Kier molecular flexibility index (Phi) is 5.79. The molecule has 1 heterocycles. The Balaban J connectivity index is 1.96. The summed E-state index contributed by atoms with van der Waals surface area (Å²) in [6, 6.07) is 5.89. The van der Waals surface area contributed by atoms with E-state index in [0.717, 1.165) is 21.2 Å². The molecular formula is C15H19N3O2S2. The van der Waals surface area contributed by atoms with E-state index < -0.39 is 6.10 Å². The summed E-state index contributed by atoms with van der Waals surface area (Å²) in [4.78, 5) is 12.1. The average Bonchev–Trinajstić information content (AvgIpc) is 2.85. The maximum atomic E-state index is 12.1. The van der Waals surface area contributed by atoms with E-state index >= 15 is 0 Å². The number of amides is 1. The van der Waals surface area contributed by atoms with Crippen molar-refractivity contribution >= 4 is 34.1 Å². The second-order valence-corrected chi connectivity index (χ2v) is 7.37. The number of anilines is 1. The fourth-order valence-corrected chi connectivity index (χ4v) is 3.56. The number of ether oxygens (including phenoxy) is 1. The predicted octanol–water partition coefficient (Wildman–Crippen LogP) is 3.67. The number of aryl methyl sites for hydroxylation is 2. The van der Waals surface area contributed by atoms with Crippen molar-refractivity contribution in [1.29, 1.82) is 0 Å². The van der Waals surface area contributed by atoms with Crippen LogP contribution >= 0.6 is 23.1 Å². The van der Waals surface area contributed by atoms with Gasteiger partial charge in [0, 0.05) is 0 Å². The SMILES string of the molecule is CCSc1nnc(NC(=O)[C@@H](C)Oc2cc(C)cc(C)c2)s1. The molecule has 0 aliphatic carbocycles. The van der Waals surface area contributed by atoms with Crippen molar-refractivity contribution in [2.75, 3.05) is 11.1 Å². The summed E-state index contributed by atoms with van der Waals surface area (Å²) >= 11 is 2.97. The fourth-order valence-electron chi connectivity index (χ4n) is 1.91. The molecule has 1 amide bonds. The van der Waals surface area contributed by atoms with Crippen molar-refractivity contribution in [2.24, 2.45) is 0 Å². The Morgan fingerprint density at radius 1 is 1.32 bits per heavy atom. The van der Waals surface area contributed by atoms with Crippen LogP contribution in [-0.4, -0.2) is 28.0 Å². The second-order valence-electron chi connectivity index (χ2n) is 4.88. The van der Waals surface area contributed by atoms with E-state index in [4.69, 9.17) is 4.74 Å². The molecule has 5 nitrogen and oxygen atoms in total. The zero-order valence-electron chi connectivity index (χ0n) is 13.0. The number of nitrogens with one attached hydrogen (secondary N) is 1. The molecule has 22 heavy (non-hydrogen) atoms. The molecule has 0 saturated carbocycles. The number of nitrogens with zero attached hydrogens (tertiary/aromatic N) is 2. The van der Waals surface area contributed by atoms with Gasteiger partial charge < -0.3 is 4.74 Å². The van der Waals surface area contributed by atoms with Gasteiger partial charge in [-0.1, -0.05) is 36.1 Å². The normalized spacial score (nSPS) is 12.0. The molecule has 0 unspecified atom stereocenters. The van der Waals surface area contributed by atoms with Crippen molar-refractivity contribution < 1.29 is 9.53 Å². The number of hydrogen-bond acceptors (Lipinski definition) is 6. The molecule has 0 radical (unpaired) electrons. The molecule has 0 spiro atoms. The van der Waals surface area contributed by atoms with Gasteiger partial charge in [0.2, 0.25) is 5.13 Å². The number of carbonyl (C=O) groups excluding carboxylic acids is 1. The fraction of sp³-hybridized carbons (Fsp3) is 0.400. The van der Waals surface area contributed by atoms with Crippen LogP contribution in [0.4, 0.5) is 5.13 Å². The van der Waals surface area contributed by atoms with Gasteiger partial charge in [0.05, 0.1) is 0 Å². The summed E-state index contributed by atoms with van der Waals surface area (Å²) < 4.78 is 6.55. The Hall–Kier alpha value is -1.60. The number of benzene rings is 1. The maximum Gasteiger partial charge on any atom is 0.266 e. The molecule has 0 fully saturated rings. The number of hydrogen-bond donors (Lipinski definition) is 1. The summed E-state index contributed by atoms with van der Waals surface area (Å²) in [5, 5.41) is 11.2. The molecule has 1 atom stereocenters. The Bertz CT molecular complexity index is 638. The Labute approximate surface area is 138 Å². The highest BCUT2D eigenvalue weighted by Crippen LogP contribution is 2.25. The van der Waals surface area contributed by atoms with Gasteiger partial charge >= 0.3 is 0 Å². The van der Waals surface area contributed by atoms with Gasteiger partial charge in [-0.3, -0.25) is 10.1 Å². The summed E-state index contributed by atoms with van der Waals surface area (Å²) in [6.07, 6.45) is -0.604. The van der Waals surface area contributed by atoms with Gasteiger partial charge in [0.25, 0.3) is 5.91 Å². The molecule has 0 aliphatic heterocycles. The van der Waals surface area contributed by atoms with E-state index in [1.54, 1.807) is 18.7 Å². The van der Waals surface area contributed by atoms with Gasteiger partial charge in [-0.05, 0) is 49.8 Å². The van der Waals surface area contributed by atoms with Crippen LogP contribution in [0.5, 0.6) is 5.75 Å². The first-order valence-corrected chi connectivity index (χ1v) is 8.80. The molecule has 1 aromatic carbocycles. The van der Waals surface area contributed by atoms with Crippen molar-refractivity contribution in [1.82, 2.24) is 10.2 Å². The van der Waals surface area contributed by atoms with Gasteiger partial charge in [-0.25, -0.2) is 0 Å². The summed E-state index contributed by atoms with van der Waals surface area (Å²) in [5.74, 6) is 1.39. The van der Waals surface area contributed by atoms with Crippen LogP contribution in [0.1, 0.15) is 25.0 Å². The standard InChI is InChI=1S/C15H19N3O2S2/c1-5-21-15-18-17-14(22-15)16-13(19)11(4)20-12-7-9(2)6-10(3)8-12/h6-8,11H,5H2,1-4H3,(H,16,17,19)/t11-/m1/s1. The molecule has 1 aromatic heterocycles. The second kappa shape index (κ2) is 7.60. The van der Waals surface area contributed by atoms with Crippen LogP contribution in [0.25, 0.3) is 0 Å². The topological polar surface area (TPSA) is 64.1 Å². The van der Waals surface area contributed by atoms with Crippen LogP contribution < -0.4 is 10.1 Å². The summed E-state index contributed by atoms with van der Waals surface area (Å²) in [5.41, 5.74) is 2.21.